The number of hydrogen-bond acceptors (Lipinski definition) is 3. The number of rotatable bonds is 3. The van der Waals surface area contributed by atoms with Crippen molar-refractivity contribution in [1.82, 2.24) is 5.32 Å². The summed E-state index contributed by atoms with van der Waals surface area (Å²) < 4.78 is 0. The van der Waals surface area contributed by atoms with Crippen LogP contribution in [0.15, 0.2) is 24.3 Å². The molecular formula is C16H22N2OS. The number of carbonyl (C=O) groups is 1. The van der Waals surface area contributed by atoms with E-state index < -0.39 is 0 Å². The van der Waals surface area contributed by atoms with E-state index in [1.807, 2.05) is 23.9 Å². The maximum Gasteiger partial charge on any atom is 0.225 e. The van der Waals surface area contributed by atoms with Gasteiger partial charge in [-0.05, 0) is 43.6 Å². The van der Waals surface area contributed by atoms with Crippen LogP contribution in [0.25, 0.3) is 0 Å². The van der Waals surface area contributed by atoms with E-state index in [1.54, 1.807) is 0 Å². The number of carbonyl (C=O) groups excluding carboxylic acids is 1. The fraction of sp³-hybridized carbons (Fsp3) is 0.562. The van der Waals surface area contributed by atoms with Crippen molar-refractivity contribution in [2.45, 2.75) is 37.0 Å². The highest BCUT2D eigenvalue weighted by Crippen LogP contribution is 2.29. The number of thioether (sulfide) groups is 1. The van der Waals surface area contributed by atoms with Crippen molar-refractivity contribution in [3.05, 3.63) is 29.8 Å². The number of anilines is 1. The van der Waals surface area contributed by atoms with Gasteiger partial charge in [-0.25, -0.2) is 0 Å². The van der Waals surface area contributed by atoms with Crippen LogP contribution in [0.1, 0.15) is 24.8 Å². The van der Waals surface area contributed by atoms with Gasteiger partial charge >= 0.3 is 0 Å². The molecule has 1 amide bonds. The first-order chi connectivity index (χ1) is 9.76. The molecule has 1 heterocycles. The first-order valence-electron chi connectivity index (χ1n) is 7.41. The molecule has 1 aromatic carbocycles. The summed E-state index contributed by atoms with van der Waals surface area (Å²) in [5.74, 6) is 0.289. The Kier molecular flexibility index (Phi) is 4.20. The van der Waals surface area contributed by atoms with Gasteiger partial charge in [0.1, 0.15) is 0 Å². The molecule has 20 heavy (non-hydrogen) atoms. The normalized spacial score (nSPS) is 28.6. The Labute approximate surface area is 124 Å². The second-order valence-electron chi connectivity index (χ2n) is 5.82. The van der Waals surface area contributed by atoms with Crippen LogP contribution in [-0.4, -0.2) is 30.0 Å². The van der Waals surface area contributed by atoms with E-state index in [4.69, 9.17) is 0 Å². The lowest BCUT2D eigenvalue weighted by molar-refractivity contribution is -0.125. The number of amides is 1. The molecule has 1 aliphatic carbocycles. The maximum atomic E-state index is 12.4. The molecule has 4 heteroatoms. The van der Waals surface area contributed by atoms with Gasteiger partial charge in [0.05, 0.1) is 5.92 Å². The summed E-state index contributed by atoms with van der Waals surface area (Å²) in [6.45, 7) is 0.752. The molecule has 1 aromatic rings. The SMILES string of the molecule is CSC1CCC(NC(=O)C2CNc3ccccc3C2)C1. The van der Waals surface area contributed by atoms with Gasteiger partial charge in [-0.1, -0.05) is 18.2 Å². The molecule has 108 valence electrons. The molecule has 1 aliphatic heterocycles. The number of benzene rings is 1. The summed E-state index contributed by atoms with van der Waals surface area (Å²) in [6.07, 6.45) is 6.51. The quantitative estimate of drug-likeness (QED) is 0.899. The van der Waals surface area contributed by atoms with E-state index in [2.05, 4.69) is 29.0 Å². The molecule has 0 radical (unpaired) electrons. The van der Waals surface area contributed by atoms with Crippen molar-refractivity contribution >= 4 is 23.4 Å². The summed E-state index contributed by atoms with van der Waals surface area (Å²) in [7, 11) is 0. The van der Waals surface area contributed by atoms with Gasteiger partial charge in [0.15, 0.2) is 0 Å². The number of hydrogen-bond donors (Lipinski definition) is 2. The van der Waals surface area contributed by atoms with Gasteiger partial charge in [-0.2, -0.15) is 11.8 Å². The van der Waals surface area contributed by atoms with E-state index in [0.717, 1.165) is 31.1 Å². The molecule has 0 saturated heterocycles. The predicted octanol–water partition coefficient (Wildman–Crippen LogP) is 2.67. The second-order valence-corrected chi connectivity index (χ2v) is 6.95. The Morgan fingerprint density at radius 3 is 3.00 bits per heavy atom. The minimum atomic E-state index is 0.0678. The lowest BCUT2D eigenvalue weighted by Crippen LogP contribution is -2.42. The van der Waals surface area contributed by atoms with E-state index in [-0.39, 0.29) is 11.8 Å². The highest BCUT2D eigenvalue weighted by Gasteiger charge is 2.29. The average Bonchev–Trinajstić information content (AvgIpc) is 2.94. The summed E-state index contributed by atoms with van der Waals surface area (Å²) in [5, 5.41) is 7.35. The Balaban J connectivity index is 1.57. The third-order valence-corrected chi connectivity index (χ3v) is 5.55. The minimum absolute atomic E-state index is 0.0678. The van der Waals surface area contributed by atoms with Crippen LogP contribution in [0.2, 0.25) is 0 Å². The van der Waals surface area contributed by atoms with Gasteiger partial charge in [-0.15, -0.1) is 0 Å². The lowest BCUT2D eigenvalue weighted by atomic mass is 9.93. The standard InChI is InChI=1S/C16H22N2OS/c1-20-14-7-6-13(9-14)18-16(19)12-8-11-4-2-3-5-15(11)17-10-12/h2-5,12-14,17H,6-10H2,1H3,(H,18,19). The molecule has 2 N–H and O–H groups in total. The molecule has 3 atom stereocenters. The highest BCUT2D eigenvalue weighted by atomic mass is 32.2. The van der Waals surface area contributed by atoms with Crippen LogP contribution in [0.4, 0.5) is 5.69 Å². The van der Waals surface area contributed by atoms with Crippen LogP contribution in [0.3, 0.4) is 0 Å². The van der Waals surface area contributed by atoms with Gasteiger partial charge in [0.25, 0.3) is 0 Å². The number of fused-ring (bicyclic) bond motifs is 1. The molecule has 0 spiro atoms. The average molecular weight is 290 g/mol. The smallest absolute Gasteiger partial charge is 0.225 e. The van der Waals surface area contributed by atoms with Crippen molar-refractivity contribution in [2.75, 3.05) is 18.1 Å². The number of para-hydroxylation sites is 1. The van der Waals surface area contributed by atoms with Gasteiger partial charge in [0.2, 0.25) is 5.91 Å². The topological polar surface area (TPSA) is 41.1 Å². The van der Waals surface area contributed by atoms with Crippen molar-refractivity contribution in [3.8, 4) is 0 Å². The summed E-state index contributed by atoms with van der Waals surface area (Å²) >= 11 is 1.93. The molecule has 2 aliphatic rings. The van der Waals surface area contributed by atoms with Crippen LogP contribution in [-0.2, 0) is 11.2 Å². The van der Waals surface area contributed by atoms with Crippen molar-refractivity contribution in [2.24, 2.45) is 5.92 Å². The van der Waals surface area contributed by atoms with Crippen LogP contribution in [0.5, 0.6) is 0 Å². The predicted molar refractivity (Wildman–Crippen MR) is 85.2 cm³/mol. The summed E-state index contributed by atoms with van der Waals surface area (Å²) in [6, 6.07) is 8.66. The Bertz CT molecular complexity index is 491. The monoisotopic (exact) mass is 290 g/mol. The number of nitrogens with one attached hydrogen (secondary N) is 2. The molecular weight excluding hydrogens is 268 g/mol. The van der Waals surface area contributed by atoms with E-state index >= 15 is 0 Å². The van der Waals surface area contributed by atoms with Crippen LogP contribution < -0.4 is 10.6 Å². The first kappa shape index (κ1) is 13.8. The van der Waals surface area contributed by atoms with Gasteiger partial charge in [0, 0.05) is 23.5 Å². The minimum Gasteiger partial charge on any atom is -0.384 e. The van der Waals surface area contributed by atoms with Crippen molar-refractivity contribution < 1.29 is 4.79 Å². The van der Waals surface area contributed by atoms with E-state index in [9.17, 15) is 4.79 Å². The van der Waals surface area contributed by atoms with Crippen LogP contribution in [0, 0.1) is 5.92 Å². The lowest BCUT2D eigenvalue weighted by Gasteiger charge is -2.26. The molecule has 3 rings (SSSR count). The van der Waals surface area contributed by atoms with Gasteiger partial charge < -0.3 is 10.6 Å². The highest BCUT2D eigenvalue weighted by molar-refractivity contribution is 7.99. The van der Waals surface area contributed by atoms with E-state index in [0.29, 0.717) is 6.04 Å². The Hall–Kier alpha value is -1.16. The largest absolute Gasteiger partial charge is 0.384 e. The fourth-order valence-corrected chi connectivity index (χ4v) is 4.03. The summed E-state index contributed by atoms with van der Waals surface area (Å²) in [4.78, 5) is 12.4. The third-order valence-electron chi connectivity index (χ3n) is 4.46. The second kappa shape index (κ2) is 6.08. The third kappa shape index (κ3) is 2.95. The zero-order valence-corrected chi connectivity index (χ0v) is 12.7. The fourth-order valence-electron chi connectivity index (χ4n) is 3.23. The molecule has 3 unspecified atom stereocenters. The summed E-state index contributed by atoms with van der Waals surface area (Å²) in [5.41, 5.74) is 2.44. The van der Waals surface area contributed by atoms with Crippen molar-refractivity contribution in [1.29, 1.82) is 0 Å². The van der Waals surface area contributed by atoms with Crippen molar-refractivity contribution in [3.63, 3.8) is 0 Å². The Morgan fingerprint density at radius 1 is 1.35 bits per heavy atom. The van der Waals surface area contributed by atoms with Crippen LogP contribution >= 0.6 is 11.8 Å². The van der Waals surface area contributed by atoms with Gasteiger partial charge in [-0.3, -0.25) is 4.79 Å². The molecule has 0 bridgehead atoms. The van der Waals surface area contributed by atoms with E-state index in [1.165, 1.54) is 17.7 Å². The molecule has 0 aromatic heterocycles. The molecule has 1 fully saturated rings. The molecule has 1 saturated carbocycles. The molecule has 3 nitrogen and oxygen atoms in total. The Morgan fingerprint density at radius 2 is 2.20 bits per heavy atom. The maximum absolute atomic E-state index is 12.4. The zero-order chi connectivity index (χ0) is 13.9. The first-order valence-corrected chi connectivity index (χ1v) is 8.70. The zero-order valence-electron chi connectivity index (χ0n) is 11.9.